The van der Waals surface area contributed by atoms with Crippen molar-refractivity contribution in [1.82, 2.24) is 9.21 Å². The largest absolute Gasteiger partial charge is 0.322 e. The molecule has 1 aromatic carbocycles. The smallest absolute Gasteiger partial charge is 0.321 e. The Labute approximate surface area is 125 Å². The minimum Gasteiger partial charge on any atom is -0.322 e. The number of hydrogen-bond donors (Lipinski definition) is 1. The molecule has 0 saturated carbocycles. The van der Waals surface area contributed by atoms with Crippen LogP contribution >= 0.6 is 0 Å². The average Bonchev–Trinajstić information content (AvgIpc) is 2.42. The molecular weight excluding hydrogens is 290 g/mol. The second-order valence-corrected chi connectivity index (χ2v) is 7.36. The van der Waals surface area contributed by atoms with E-state index in [2.05, 4.69) is 5.32 Å². The van der Waals surface area contributed by atoms with Gasteiger partial charge in [0.25, 0.3) is 0 Å². The van der Waals surface area contributed by atoms with Crippen molar-refractivity contribution < 1.29 is 13.2 Å². The van der Waals surface area contributed by atoms with Crippen molar-refractivity contribution in [3.8, 4) is 0 Å². The van der Waals surface area contributed by atoms with Gasteiger partial charge >= 0.3 is 6.03 Å². The molecule has 1 heterocycles. The Bertz CT molecular complexity index is 635. The van der Waals surface area contributed by atoms with Crippen LogP contribution in [0.15, 0.2) is 18.2 Å². The first-order valence-electron chi connectivity index (χ1n) is 6.85. The van der Waals surface area contributed by atoms with Gasteiger partial charge in [-0.25, -0.2) is 13.2 Å². The SMILES string of the molecule is Cc1ccc(NC(=O)N2CCN(S(C)(=O)=O)CC2)cc1C. The fourth-order valence-electron chi connectivity index (χ4n) is 2.24. The number of piperazine rings is 1. The van der Waals surface area contributed by atoms with E-state index >= 15 is 0 Å². The lowest BCUT2D eigenvalue weighted by Gasteiger charge is -2.33. The van der Waals surface area contributed by atoms with E-state index in [0.29, 0.717) is 26.2 Å². The zero-order chi connectivity index (χ0) is 15.6. The maximum Gasteiger partial charge on any atom is 0.321 e. The maximum absolute atomic E-state index is 12.2. The summed E-state index contributed by atoms with van der Waals surface area (Å²) in [6.45, 7) is 5.52. The van der Waals surface area contributed by atoms with Crippen molar-refractivity contribution in [2.75, 3.05) is 37.8 Å². The second kappa shape index (κ2) is 6.03. The Balaban J connectivity index is 1.95. The van der Waals surface area contributed by atoms with Gasteiger partial charge in [-0.3, -0.25) is 0 Å². The summed E-state index contributed by atoms with van der Waals surface area (Å²) in [6, 6.07) is 5.57. The summed E-state index contributed by atoms with van der Waals surface area (Å²) in [4.78, 5) is 13.8. The van der Waals surface area contributed by atoms with E-state index in [1.807, 2.05) is 32.0 Å². The number of benzene rings is 1. The number of rotatable bonds is 2. The van der Waals surface area contributed by atoms with E-state index in [-0.39, 0.29) is 6.03 Å². The standard InChI is InChI=1S/C14H21N3O3S/c1-11-4-5-13(10-12(11)2)15-14(18)16-6-8-17(9-7-16)21(3,19)20/h4-5,10H,6-9H2,1-3H3,(H,15,18). The highest BCUT2D eigenvalue weighted by Crippen LogP contribution is 2.15. The van der Waals surface area contributed by atoms with E-state index < -0.39 is 10.0 Å². The van der Waals surface area contributed by atoms with Crippen molar-refractivity contribution >= 4 is 21.7 Å². The summed E-state index contributed by atoms with van der Waals surface area (Å²) in [5.41, 5.74) is 3.05. The highest BCUT2D eigenvalue weighted by atomic mass is 32.2. The molecule has 0 radical (unpaired) electrons. The van der Waals surface area contributed by atoms with E-state index in [9.17, 15) is 13.2 Å². The third-order valence-electron chi connectivity index (χ3n) is 3.75. The molecule has 2 rings (SSSR count). The van der Waals surface area contributed by atoms with Gasteiger partial charge in [0.2, 0.25) is 10.0 Å². The molecule has 1 aliphatic rings. The molecule has 2 amide bonds. The molecule has 6 nitrogen and oxygen atoms in total. The van der Waals surface area contributed by atoms with Crippen LogP contribution in [0.3, 0.4) is 0 Å². The van der Waals surface area contributed by atoms with E-state index in [1.165, 1.54) is 16.1 Å². The molecule has 0 bridgehead atoms. The molecule has 0 aromatic heterocycles. The van der Waals surface area contributed by atoms with Crippen LogP contribution in [-0.2, 0) is 10.0 Å². The number of aryl methyl sites for hydroxylation is 2. The maximum atomic E-state index is 12.2. The number of sulfonamides is 1. The first-order chi connectivity index (χ1) is 9.77. The fraction of sp³-hybridized carbons (Fsp3) is 0.500. The number of nitrogens with zero attached hydrogens (tertiary/aromatic N) is 2. The van der Waals surface area contributed by atoms with Crippen molar-refractivity contribution in [3.05, 3.63) is 29.3 Å². The molecule has 7 heteroatoms. The van der Waals surface area contributed by atoms with Crippen molar-refractivity contribution in [1.29, 1.82) is 0 Å². The van der Waals surface area contributed by atoms with Gasteiger partial charge in [0.05, 0.1) is 6.26 Å². The first kappa shape index (κ1) is 15.8. The Morgan fingerprint density at radius 3 is 2.24 bits per heavy atom. The zero-order valence-corrected chi connectivity index (χ0v) is 13.4. The summed E-state index contributed by atoms with van der Waals surface area (Å²) in [7, 11) is -3.17. The van der Waals surface area contributed by atoms with Crippen LogP contribution in [0.25, 0.3) is 0 Å². The molecule has 1 saturated heterocycles. The predicted molar refractivity (Wildman–Crippen MR) is 82.9 cm³/mol. The van der Waals surface area contributed by atoms with Crippen LogP contribution in [0.1, 0.15) is 11.1 Å². The summed E-state index contributed by atoms with van der Waals surface area (Å²) in [5, 5.41) is 2.85. The molecule has 0 unspecified atom stereocenters. The molecule has 0 atom stereocenters. The monoisotopic (exact) mass is 311 g/mol. The summed E-state index contributed by atoms with van der Waals surface area (Å²) < 4.78 is 24.3. The Hall–Kier alpha value is -1.60. The Morgan fingerprint density at radius 2 is 1.71 bits per heavy atom. The Kier molecular flexibility index (Phi) is 4.53. The van der Waals surface area contributed by atoms with Crippen LogP contribution in [-0.4, -0.2) is 56.1 Å². The van der Waals surface area contributed by atoms with Gasteiger partial charge in [0, 0.05) is 31.9 Å². The zero-order valence-electron chi connectivity index (χ0n) is 12.6. The van der Waals surface area contributed by atoms with Gasteiger partial charge < -0.3 is 10.2 Å². The molecule has 1 N–H and O–H groups in total. The number of amides is 2. The molecule has 1 aromatic rings. The van der Waals surface area contributed by atoms with Crippen molar-refractivity contribution in [2.45, 2.75) is 13.8 Å². The number of urea groups is 1. The molecule has 1 aliphatic heterocycles. The second-order valence-electron chi connectivity index (χ2n) is 5.38. The molecule has 1 fully saturated rings. The summed E-state index contributed by atoms with van der Waals surface area (Å²) >= 11 is 0. The lowest BCUT2D eigenvalue weighted by Crippen LogP contribution is -2.51. The van der Waals surface area contributed by atoms with Crippen LogP contribution in [0.2, 0.25) is 0 Å². The van der Waals surface area contributed by atoms with E-state index in [4.69, 9.17) is 0 Å². The molecule has 116 valence electrons. The molecule has 21 heavy (non-hydrogen) atoms. The molecule has 0 aliphatic carbocycles. The van der Waals surface area contributed by atoms with Crippen molar-refractivity contribution in [2.24, 2.45) is 0 Å². The molecule has 0 spiro atoms. The highest BCUT2D eigenvalue weighted by Gasteiger charge is 2.25. The van der Waals surface area contributed by atoms with E-state index in [0.717, 1.165) is 11.3 Å². The summed E-state index contributed by atoms with van der Waals surface area (Å²) in [6.07, 6.45) is 1.19. The third-order valence-corrected chi connectivity index (χ3v) is 5.06. The van der Waals surface area contributed by atoms with Crippen molar-refractivity contribution in [3.63, 3.8) is 0 Å². The number of hydrogen-bond acceptors (Lipinski definition) is 3. The lowest BCUT2D eigenvalue weighted by atomic mass is 10.1. The van der Waals surface area contributed by atoms with Gasteiger partial charge in [0.1, 0.15) is 0 Å². The Morgan fingerprint density at radius 1 is 1.10 bits per heavy atom. The number of anilines is 1. The number of carbonyl (C=O) groups is 1. The highest BCUT2D eigenvalue weighted by molar-refractivity contribution is 7.88. The number of nitrogens with one attached hydrogen (secondary N) is 1. The minimum absolute atomic E-state index is 0.189. The summed E-state index contributed by atoms with van der Waals surface area (Å²) in [5.74, 6) is 0. The normalized spacial score (nSPS) is 16.8. The van der Waals surface area contributed by atoms with Crippen LogP contribution in [0, 0.1) is 13.8 Å². The van der Waals surface area contributed by atoms with Crippen LogP contribution < -0.4 is 5.32 Å². The topological polar surface area (TPSA) is 69.7 Å². The van der Waals surface area contributed by atoms with Crippen LogP contribution in [0.5, 0.6) is 0 Å². The molecular formula is C14H21N3O3S. The average molecular weight is 311 g/mol. The van der Waals surface area contributed by atoms with Gasteiger partial charge in [-0.2, -0.15) is 4.31 Å². The fourth-order valence-corrected chi connectivity index (χ4v) is 3.07. The lowest BCUT2D eigenvalue weighted by molar-refractivity contribution is 0.184. The van der Waals surface area contributed by atoms with Gasteiger partial charge in [-0.05, 0) is 37.1 Å². The predicted octanol–water partition coefficient (Wildman–Crippen LogP) is 1.41. The quantitative estimate of drug-likeness (QED) is 0.898. The van der Waals surface area contributed by atoms with Gasteiger partial charge in [-0.1, -0.05) is 6.07 Å². The minimum atomic E-state index is -3.17. The van der Waals surface area contributed by atoms with Gasteiger partial charge in [-0.15, -0.1) is 0 Å². The number of carbonyl (C=O) groups excluding carboxylic acids is 1. The first-order valence-corrected chi connectivity index (χ1v) is 8.70. The van der Waals surface area contributed by atoms with E-state index in [1.54, 1.807) is 4.90 Å². The van der Waals surface area contributed by atoms with Gasteiger partial charge in [0.15, 0.2) is 0 Å². The third kappa shape index (κ3) is 3.95. The van der Waals surface area contributed by atoms with Crippen LogP contribution in [0.4, 0.5) is 10.5 Å².